The van der Waals surface area contributed by atoms with Crippen LogP contribution >= 0.6 is 0 Å². The van der Waals surface area contributed by atoms with Gasteiger partial charge < -0.3 is 11.5 Å². The fourth-order valence-corrected chi connectivity index (χ4v) is 1.10. The van der Waals surface area contributed by atoms with Crippen molar-refractivity contribution in [2.75, 3.05) is 6.54 Å². The van der Waals surface area contributed by atoms with Gasteiger partial charge in [-0.2, -0.15) is 0 Å². The van der Waals surface area contributed by atoms with Gasteiger partial charge in [0.05, 0.1) is 5.92 Å². The lowest BCUT2D eigenvalue weighted by Gasteiger charge is -2.09. The third-order valence-electron chi connectivity index (χ3n) is 1.78. The second-order valence-electron chi connectivity index (χ2n) is 2.60. The average Bonchev–Trinajstić information content (AvgIpc) is 2.07. The van der Waals surface area contributed by atoms with Crippen LogP contribution in [-0.4, -0.2) is 12.5 Å². The van der Waals surface area contributed by atoms with Crippen LogP contribution in [0.4, 0.5) is 0 Å². The molecule has 0 heterocycles. The molecular formula is C9H12N2O. The lowest BCUT2D eigenvalue weighted by Crippen LogP contribution is -2.27. The van der Waals surface area contributed by atoms with Crippen LogP contribution in [0.5, 0.6) is 0 Å². The lowest BCUT2D eigenvalue weighted by molar-refractivity contribution is -0.119. The normalized spacial score (nSPS) is 12.4. The molecule has 1 aromatic rings. The number of nitrogens with two attached hydrogens (primary N) is 2. The molecule has 0 aliphatic carbocycles. The Balaban J connectivity index is 2.88. The fraction of sp³-hybridized carbons (Fsp3) is 0.222. The molecule has 4 N–H and O–H groups in total. The minimum atomic E-state index is -0.372. The van der Waals surface area contributed by atoms with E-state index in [0.717, 1.165) is 5.56 Å². The highest BCUT2D eigenvalue weighted by Crippen LogP contribution is 2.12. The van der Waals surface area contributed by atoms with Gasteiger partial charge in [-0.25, -0.2) is 0 Å². The number of rotatable bonds is 3. The monoisotopic (exact) mass is 164 g/mol. The van der Waals surface area contributed by atoms with Crippen molar-refractivity contribution in [3.63, 3.8) is 0 Å². The SMILES string of the molecule is NC[C@@H](C(N)=O)c1ccccc1. The zero-order chi connectivity index (χ0) is 8.97. The molecule has 1 amide bonds. The summed E-state index contributed by atoms with van der Waals surface area (Å²) in [5.41, 5.74) is 11.4. The van der Waals surface area contributed by atoms with Crippen LogP contribution in [0.15, 0.2) is 30.3 Å². The first kappa shape index (κ1) is 8.74. The van der Waals surface area contributed by atoms with Crippen molar-refractivity contribution in [2.45, 2.75) is 5.92 Å². The summed E-state index contributed by atoms with van der Waals surface area (Å²) >= 11 is 0. The van der Waals surface area contributed by atoms with Crippen molar-refractivity contribution in [1.29, 1.82) is 0 Å². The summed E-state index contributed by atoms with van der Waals surface area (Å²) in [7, 11) is 0. The van der Waals surface area contributed by atoms with E-state index in [1.807, 2.05) is 30.3 Å². The van der Waals surface area contributed by atoms with E-state index in [-0.39, 0.29) is 18.4 Å². The average molecular weight is 164 g/mol. The van der Waals surface area contributed by atoms with Crippen LogP contribution in [0.25, 0.3) is 0 Å². The Kier molecular flexibility index (Phi) is 2.82. The molecule has 0 bridgehead atoms. The first-order valence-electron chi connectivity index (χ1n) is 3.80. The molecule has 1 aromatic carbocycles. The minimum Gasteiger partial charge on any atom is -0.369 e. The number of carbonyl (C=O) groups excluding carboxylic acids is 1. The minimum absolute atomic E-state index is 0.263. The zero-order valence-electron chi connectivity index (χ0n) is 6.73. The van der Waals surface area contributed by atoms with E-state index in [9.17, 15) is 4.79 Å². The van der Waals surface area contributed by atoms with Crippen molar-refractivity contribution in [3.05, 3.63) is 35.9 Å². The van der Waals surface area contributed by atoms with Gasteiger partial charge in [0.15, 0.2) is 0 Å². The fourth-order valence-electron chi connectivity index (χ4n) is 1.10. The van der Waals surface area contributed by atoms with Gasteiger partial charge >= 0.3 is 0 Å². The molecule has 3 nitrogen and oxygen atoms in total. The van der Waals surface area contributed by atoms with Crippen LogP contribution in [0.1, 0.15) is 11.5 Å². The van der Waals surface area contributed by atoms with Gasteiger partial charge in [-0.1, -0.05) is 30.3 Å². The molecule has 0 saturated carbocycles. The molecular weight excluding hydrogens is 152 g/mol. The van der Waals surface area contributed by atoms with Crippen LogP contribution in [-0.2, 0) is 4.79 Å². The van der Waals surface area contributed by atoms with Gasteiger partial charge in [0.25, 0.3) is 0 Å². The van der Waals surface area contributed by atoms with Gasteiger partial charge in [0.2, 0.25) is 5.91 Å². The topological polar surface area (TPSA) is 69.1 Å². The Morgan fingerprint density at radius 1 is 1.33 bits per heavy atom. The van der Waals surface area contributed by atoms with Gasteiger partial charge in [0.1, 0.15) is 0 Å². The standard InChI is InChI=1S/C9H12N2O/c10-6-8(9(11)12)7-4-2-1-3-5-7/h1-5,8H,6,10H2,(H2,11,12)/t8-/m1/s1. The number of primary amides is 1. The van der Waals surface area contributed by atoms with Crippen molar-refractivity contribution in [3.8, 4) is 0 Å². The second kappa shape index (κ2) is 3.88. The number of hydrogen-bond acceptors (Lipinski definition) is 2. The summed E-state index contributed by atoms with van der Waals surface area (Å²) in [6.45, 7) is 0.263. The highest BCUT2D eigenvalue weighted by molar-refractivity contribution is 5.82. The lowest BCUT2D eigenvalue weighted by atomic mass is 9.99. The molecule has 3 heteroatoms. The molecule has 0 aliphatic rings. The number of benzene rings is 1. The highest BCUT2D eigenvalue weighted by Gasteiger charge is 2.14. The maximum atomic E-state index is 10.9. The third kappa shape index (κ3) is 1.83. The summed E-state index contributed by atoms with van der Waals surface area (Å²) in [4.78, 5) is 10.9. The molecule has 0 saturated heterocycles. The Bertz CT molecular complexity index is 258. The first-order chi connectivity index (χ1) is 5.75. The maximum Gasteiger partial charge on any atom is 0.226 e. The van der Waals surface area contributed by atoms with E-state index in [2.05, 4.69) is 0 Å². The van der Waals surface area contributed by atoms with Crippen molar-refractivity contribution >= 4 is 5.91 Å². The van der Waals surface area contributed by atoms with Crippen LogP contribution in [0, 0.1) is 0 Å². The predicted molar refractivity (Wildman–Crippen MR) is 47.4 cm³/mol. The van der Waals surface area contributed by atoms with Crippen LogP contribution in [0.3, 0.4) is 0 Å². The molecule has 0 radical (unpaired) electrons. The van der Waals surface area contributed by atoms with Gasteiger partial charge in [0, 0.05) is 6.54 Å². The van der Waals surface area contributed by atoms with Gasteiger partial charge in [-0.15, -0.1) is 0 Å². The Labute approximate surface area is 71.4 Å². The largest absolute Gasteiger partial charge is 0.369 e. The smallest absolute Gasteiger partial charge is 0.226 e. The summed E-state index contributed by atoms with van der Waals surface area (Å²) in [6.07, 6.45) is 0. The van der Waals surface area contributed by atoms with E-state index in [0.29, 0.717) is 0 Å². The van der Waals surface area contributed by atoms with Gasteiger partial charge in [-0.05, 0) is 5.56 Å². The highest BCUT2D eigenvalue weighted by atomic mass is 16.1. The molecule has 0 aliphatic heterocycles. The van der Waals surface area contributed by atoms with E-state index >= 15 is 0 Å². The summed E-state index contributed by atoms with van der Waals surface area (Å²) in [6, 6.07) is 9.31. The summed E-state index contributed by atoms with van der Waals surface area (Å²) in [5.74, 6) is -0.727. The van der Waals surface area contributed by atoms with Crippen LogP contribution in [0.2, 0.25) is 0 Å². The zero-order valence-corrected chi connectivity index (χ0v) is 6.73. The Morgan fingerprint density at radius 2 is 1.92 bits per heavy atom. The first-order valence-corrected chi connectivity index (χ1v) is 3.80. The maximum absolute atomic E-state index is 10.9. The van der Waals surface area contributed by atoms with Crippen LogP contribution < -0.4 is 11.5 Å². The predicted octanol–water partition coefficient (Wildman–Crippen LogP) is 0.214. The number of carbonyl (C=O) groups is 1. The number of hydrogen-bond donors (Lipinski definition) is 2. The Morgan fingerprint density at radius 3 is 2.33 bits per heavy atom. The van der Waals surface area contributed by atoms with E-state index < -0.39 is 0 Å². The molecule has 0 fully saturated rings. The molecule has 0 aromatic heterocycles. The molecule has 1 atom stereocenters. The molecule has 12 heavy (non-hydrogen) atoms. The van der Waals surface area contributed by atoms with E-state index in [1.54, 1.807) is 0 Å². The summed E-state index contributed by atoms with van der Waals surface area (Å²) < 4.78 is 0. The van der Waals surface area contributed by atoms with Crippen molar-refractivity contribution in [2.24, 2.45) is 11.5 Å². The van der Waals surface area contributed by atoms with E-state index in [1.165, 1.54) is 0 Å². The number of amides is 1. The third-order valence-corrected chi connectivity index (χ3v) is 1.78. The van der Waals surface area contributed by atoms with Crippen molar-refractivity contribution in [1.82, 2.24) is 0 Å². The molecule has 0 unspecified atom stereocenters. The summed E-state index contributed by atoms with van der Waals surface area (Å²) in [5, 5.41) is 0. The second-order valence-corrected chi connectivity index (χ2v) is 2.60. The molecule has 0 spiro atoms. The van der Waals surface area contributed by atoms with Crippen molar-refractivity contribution < 1.29 is 4.79 Å². The Hall–Kier alpha value is -1.35. The van der Waals surface area contributed by atoms with Gasteiger partial charge in [-0.3, -0.25) is 4.79 Å². The van der Waals surface area contributed by atoms with E-state index in [4.69, 9.17) is 11.5 Å². The molecule has 1 rings (SSSR count). The molecule has 64 valence electrons. The quantitative estimate of drug-likeness (QED) is 0.670.